The minimum absolute atomic E-state index is 0.149. The van der Waals surface area contributed by atoms with Gasteiger partial charge in [-0.1, -0.05) is 12.8 Å². The molecule has 7 nitrogen and oxygen atoms in total. The van der Waals surface area contributed by atoms with E-state index in [0.29, 0.717) is 18.2 Å². The van der Waals surface area contributed by atoms with E-state index >= 15 is 0 Å². The zero-order valence-electron chi connectivity index (χ0n) is 11.6. The van der Waals surface area contributed by atoms with E-state index in [1.165, 1.54) is 0 Å². The molecule has 0 atom stereocenters. The van der Waals surface area contributed by atoms with Gasteiger partial charge in [0.1, 0.15) is 0 Å². The van der Waals surface area contributed by atoms with Gasteiger partial charge < -0.3 is 20.1 Å². The number of hydrogen-bond acceptors (Lipinski definition) is 5. The zero-order valence-corrected chi connectivity index (χ0v) is 11.6. The van der Waals surface area contributed by atoms with E-state index in [1.807, 2.05) is 0 Å². The van der Waals surface area contributed by atoms with Crippen LogP contribution in [0.3, 0.4) is 0 Å². The quantitative estimate of drug-likeness (QED) is 0.658. The number of hydrogen-bond donors (Lipinski definition) is 1. The number of nitro groups is 1. The lowest BCUT2D eigenvalue weighted by Crippen LogP contribution is -2.40. The lowest BCUT2D eigenvalue weighted by Gasteiger charge is -2.29. The molecule has 0 amide bonds. The van der Waals surface area contributed by atoms with E-state index < -0.39 is 10.5 Å². The summed E-state index contributed by atoms with van der Waals surface area (Å²) in [6.45, 7) is 2.13. The molecule has 19 heavy (non-hydrogen) atoms. The number of aryl methyl sites for hydroxylation is 1. The van der Waals surface area contributed by atoms with Crippen LogP contribution in [0.15, 0.2) is 0 Å². The summed E-state index contributed by atoms with van der Waals surface area (Å²) in [6, 6.07) is 0. The van der Waals surface area contributed by atoms with E-state index in [9.17, 15) is 15.2 Å². The number of rotatable bonds is 4. The molecular weight excluding hydrogens is 248 g/mol. The normalized spacial score (nSPS) is 17.7. The molecule has 1 saturated carbocycles. The Balaban J connectivity index is 2.28. The van der Waals surface area contributed by atoms with Crippen molar-refractivity contribution in [3.63, 3.8) is 0 Å². The second kappa shape index (κ2) is 4.80. The van der Waals surface area contributed by atoms with Gasteiger partial charge in [0.05, 0.1) is 5.60 Å². The molecule has 0 saturated heterocycles. The average molecular weight is 268 g/mol. The van der Waals surface area contributed by atoms with Gasteiger partial charge >= 0.3 is 5.82 Å². The van der Waals surface area contributed by atoms with Gasteiger partial charge in [-0.25, -0.2) is 0 Å². The topological polar surface area (TPSA) is 84.4 Å². The summed E-state index contributed by atoms with van der Waals surface area (Å²) in [4.78, 5) is 16.3. The van der Waals surface area contributed by atoms with Crippen LogP contribution >= 0.6 is 0 Å². The third-order valence-corrected chi connectivity index (χ3v) is 3.87. The molecule has 7 heteroatoms. The van der Waals surface area contributed by atoms with Crippen LogP contribution in [0.5, 0.6) is 0 Å². The van der Waals surface area contributed by atoms with Gasteiger partial charge in [-0.2, -0.15) is 0 Å². The molecule has 0 spiro atoms. The lowest BCUT2D eigenvalue weighted by atomic mass is 10.0. The smallest absolute Gasteiger partial charge is 0.388 e. The molecule has 1 aromatic heterocycles. The summed E-state index contributed by atoms with van der Waals surface area (Å²) in [5.74, 6) is 0.888. The predicted octanol–water partition coefficient (Wildman–Crippen LogP) is 1.38. The summed E-state index contributed by atoms with van der Waals surface area (Å²) in [6.07, 6.45) is 3.53. The summed E-state index contributed by atoms with van der Waals surface area (Å²) in [7, 11) is 3.51. The predicted molar refractivity (Wildman–Crippen MR) is 71.3 cm³/mol. The fraction of sp³-hybridized carbons (Fsp3) is 0.750. The first-order valence-electron chi connectivity index (χ1n) is 6.45. The first kappa shape index (κ1) is 13.8. The van der Waals surface area contributed by atoms with Gasteiger partial charge in [0.2, 0.25) is 11.6 Å². The van der Waals surface area contributed by atoms with Crippen LogP contribution in [0.4, 0.5) is 11.6 Å². The van der Waals surface area contributed by atoms with Crippen LogP contribution in [0.2, 0.25) is 0 Å². The highest BCUT2D eigenvalue weighted by molar-refractivity contribution is 5.55. The molecule has 1 fully saturated rings. The van der Waals surface area contributed by atoms with Gasteiger partial charge in [0.15, 0.2) is 0 Å². The summed E-state index contributed by atoms with van der Waals surface area (Å²) >= 11 is 0. The fourth-order valence-electron chi connectivity index (χ4n) is 2.84. The van der Waals surface area contributed by atoms with Crippen molar-refractivity contribution < 1.29 is 10.0 Å². The van der Waals surface area contributed by atoms with E-state index in [2.05, 4.69) is 4.98 Å². The van der Waals surface area contributed by atoms with Gasteiger partial charge in [-0.15, -0.1) is 0 Å². The van der Waals surface area contributed by atoms with Crippen molar-refractivity contribution in [2.45, 2.75) is 38.2 Å². The molecule has 1 aromatic rings. The largest absolute Gasteiger partial charge is 0.406 e. The Morgan fingerprint density at radius 2 is 2.11 bits per heavy atom. The monoisotopic (exact) mass is 268 g/mol. The van der Waals surface area contributed by atoms with Crippen LogP contribution in [0.1, 0.15) is 31.5 Å². The lowest BCUT2D eigenvalue weighted by molar-refractivity contribution is -0.388. The molecule has 106 valence electrons. The molecule has 0 aromatic carbocycles. The van der Waals surface area contributed by atoms with Crippen molar-refractivity contribution in [1.82, 2.24) is 9.55 Å². The van der Waals surface area contributed by atoms with Crippen molar-refractivity contribution in [1.29, 1.82) is 0 Å². The Kier molecular flexibility index (Phi) is 3.49. The minimum atomic E-state index is -0.735. The van der Waals surface area contributed by atoms with E-state index in [4.69, 9.17) is 0 Å². The molecule has 1 aliphatic carbocycles. The Morgan fingerprint density at radius 3 is 2.63 bits per heavy atom. The molecule has 2 rings (SSSR count). The van der Waals surface area contributed by atoms with Crippen molar-refractivity contribution >= 4 is 11.6 Å². The van der Waals surface area contributed by atoms with Gasteiger partial charge in [0.25, 0.3) is 0 Å². The first-order valence-corrected chi connectivity index (χ1v) is 6.45. The van der Waals surface area contributed by atoms with Gasteiger partial charge in [0, 0.05) is 27.6 Å². The maximum atomic E-state index is 11.0. The van der Waals surface area contributed by atoms with Crippen molar-refractivity contribution in [3.8, 4) is 0 Å². The highest BCUT2D eigenvalue weighted by Crippen LogP contribution is 2.33. The maximum absolute atomic E-state index is 11.0. The van der Waals surface area contributed by atoms with E-state index in [1.54, 1.807) is 30.5 Å². The Morgan fingerprint density at radius 1 is 1.53 bits per heavy atom. The van der Waals surface area contributed by atoms with Crippen LogP contribution in [-0.2, 0) is 7.05 Å². The molecule has 0 bridgehead atoms. The summed E-state index contributed by atoms with van der Waals surface area (Å²) in [5.41, 5.74) is -0.735. The SMILES string of the molecule is Cc1nc([N+](=O)[O-])c(N(C)CC2(O)CCCC2)n1C. The molecule has 1 aliphatic rings. The Bertz CT molecular complexity index is 491. The number of likely N-dealkylation sites (N-methyl/N-ethyl adjacent to an activating group) is 1. The standard InChI is InChI=1S/C12H20N4O3/c1-9-13-10(16(18)19)11(15(9)3)14(2)8-12(17)6-4-5-7-12/h17H,4-8H2,1-3H3. The maximum Gasteiger partial charge on any atom is 0.406 e. The number of imidazole rings is 1. The number of anilines is 1. The summed E-state index contributed by atoms with van der Waals surface area (Å²) in [5, 5.41) is 21.5. The first-order chi connectivity index (χ1) is 8.84. The number of aromatic nitrogens is 2. The van der Waals surface area contributed by atoms with Crippen LogP contribution < -0.4 is 4.90 Å². The average Bonchev–Trinajstić information content (AvgIpc) is 2.85. The molecule has 0 unspecified atom stereocenters. The van der Waals surface area contributed by atoms with Gasteiger partial charge in [-0.05, 0) is 22.7 Å². The summed E-state index contributed by atoms with van der Waals surface area (Å²) < 4.78 is 1.69. The molecule has 0 radical (unpaired) electrons. The Labute approximate surface area is 112 Å². The van der Waals surface area contributed by atoms with Crippen molar-refractivity contribution in [2.24, 2.45) is 7.05 Å². The number of nitrogens with zero attached hydrogens (tertiary/aromatic N) is 4. The van der Waals surface area contributed by atoms with Crippen LogP contribution in [-0.4, -0.2) is 38.8 Å². The van der Waals surface area contributed by atoms with E-state index in [0.717, 1.165) is 25.7 Å². The van der Waals surface area contributed by atoms with Gasteiger partial charge in [-0.3, -0.25) is 4.57 Å². The molecule has 1 heterocycles. The fourth-order valence-corrected chi connectivity index (χ4v) is 2.84. The van der Waals surface area contributed by atoms with E-state index in [-0.39, 0.29) is 5.82 Å². The molecule has 0 aliphatic heterocycles. The third kappa shape index (κ3) is 2.56. The highest BCUT2D eigenvalue weighted by Gasteiger charge is 2.35. The van der Waals surface area contributed by atoms with Crippen molar-refractivity contribution in [2.75, 3.05) is 18.5 Å². The number of aliphatic hydroxyl groups is 1. The Hall–Kier alpha value is -1.63. The molecule has 1 N–H and O–H groups in total. The van der Waals surface area contributed by atoms with Crippen LogP contribution in [0.25, 0.3) is 0 Å². The zero-order chi connectivity index (χ0) is 14.2. The molecular formula is C12H20N4O3. The highest BCUT2D eigenvalue weighted by atomic mass is 16.6. The second-order valence-corrected chi connectivity index (χ2v) is 5.41. The third-order valence-electron chi connectivity index (χ3n) is 3.87. The van der Waals surface area contributed by atoms with Crippen LogP contribution in [0, 0.1) is 17.0 Å². The minimum Gasteiger partial charge on any atom is -0.388 e. The van der Waals surface area contributed by atoms with Crippen molar-refractivity contribution in [3.05, 3.63) is 15.9 Å². The second-order valence-electron chi connectivity index (χ2n) is 5.41.